The molecular formula is C21H43FO2. The lowest BCUT2D eigenvalue weighted by Crippen LogP contribution is -2.14. The summed E-state index contributed by atoms with van der Waals surface area (Å²) >= 11 is 0. The zero-order chi connectivity index (χ0) is 17.7. The molecule has 0 saturated carbocycles. The highest BCUT2D eigenvalue weighted by atomic mass is 19.1. The van der Waals surface area contributed by atoms with Crippen LogP contribution < -0.4 is 0 Å². The van der Waals surface area contributed by atoms with Crippen LogP contribution >= 0.6 is 0 Å². The van der Waals surface area contributed by atoms with Crippen LogP contribution in [0.3, 0.4) is 0 Å². The molecule has 0 radical (unpaired) electrons. The van der Waals surface area contributed by atoms with Gasteiger partial charge in [-0.15, -0.1) is 0 Å². The summed E-state index contributed by atoms with van der Waals surface area (Å²) in [5, 5.41) is 8.52. The van der Waals surface area contributed by atoms with Gasteiger partial charge in [0.25, 0.3) is 0 Å². The first kappa shape index (κ1) is 23.9. The highest BCUT2D eigenvalue weighted by molar-refractivity contribution is 4.51. The third-order valence-corrected chi connectivity index (χ3v) is 4.64. The normalized spacial score (nSPS) is 12.6. The van der Waals surface area contributed by atoms with Gasteiger partial charge < -0.3 is 9.84 Å². The molecule has 0 heterocycles. The van der Waals surface area contributed by atoms with E-state index in [1.54, 1.807) is 0 Å². The van der Waals surface area contributed by atoms with Gasteiger partial charge in [-0.2, -0.15) is 0 Å². The molecule has 1 N–H and O–H groups in total. The standard InChI is InChI=1S/C21H43FO2/c1-2-3-4-5-6-7-8-9-10-11-12-13-14-15-16-17-18-24-20-21(22)19-23/h21,23H,2-20H2,1H3. The second-order valence-corrected chi connectivity index (χ2v) is 7.16. The lowest BCUT2D eigenvalue weighted by atomic mass is 10.0. The van der Waals surface area contributed by atoms with E-state index >= 15 is 0 Å². The summed E-state index contributed by atoms with van der Waals surface area (Å²) in [4.78, 5) is 0. The maximum absolute atomic E-state index is 12.7. The number of unbranched alkanes of at least 4 members (excludes halogenated alkanes) is 15. The first-order valence-electron chi connectivity index (χ1n) is 10.6. The van der Waals surface area contributed by atoms with E-state index in [0.717, 1.165) is 6.42 Å². The molecule has 0 spiro atoms. The van der Waals surface area contributed by atoms with Crippen molar-refractivity contribution >= 4 is 0 Å². The van der Waals surface area contributed by atoms with Gasteiger partial charge in [-0.05, 0) is 6.42 Å². The van der Waals surface area contributed by atoms with E-state index in [1.807, 2.05) is 0 Å². The van der Waals surface area contributed by atoms with E-state index in [2.05, 4.69) is 6.92 Å². The highest BCUT2D eigenvalue weighted by Gasteiger charge is 2.03. The van der Waals surface area contributed by atoms with Crippen molar-refractivity contribution in [3.05, 3.63) is 0 Å². The third kappa shape index (κ3) is 19.9. The topological polar surface area (TPSA) is 29.5 Å². The van der Waals surface area contributed by atoms with Gasteiger partial charge in [0.1, 0.15) is 6.17 Å². The molecule has 0 aliphatic rings. The lowest BCUT2D eigenvalue weighted by molar-refractivity contribution is 0.0505. The number of aliphatic hydroxyl groups is 1. The molecule has 0 aromatic rings. The summed E-state index contributed by atoms with van der Waals surface area (Å²) in [7, 11) is 0. The van der Waals surface area contributed by atoms with Gasteiger partial charge in [0, 0.05) is 6.61 Å². The Balaban J connectivity index is 2.98. The van der Waals surface area contributed by atoms with Gasteiger partial charge in [0.05, 0.1) is 13.2 Å². The van der Waals surface area contributed by atoms with E-state index < -0.39 is 12.8 Å². The van der Waals surface area contributed by atoms with Crippen molar-refractivity contribution in [2.24, 2.45) is 0 Å². The SMILES string of the molecule is CCCCCCCCCCCCCCCCCCOCC(F)CO. The lowest BCUT2D eigenvalue weighted by Gasteiger charge is -2.06. The zero-order valence-electron chi connectivity index (χ0n) is 16.2. The number of rotatable bonds is 20. The Morgan fingerprint density at radius 1 is 0.667 bits per heavy atom. The molecule has 2 nitrogen and oxygen atoms in total. The summed E-state index contributed by atoms with van der Waals surface area (Å²) in [6.07, 6.45) is 20.5. The second kappa shape index (κ2) is 20.9. The van der Waals surface area contributed by atoms with Crippen molar-refractivity contribution < 1.29 is 14.2 Å². The second-order valence-electron chi connectivity index (χ2n) is 7.16. The molecule has 0 aromatic carbocycles. The Morgan fingerprint density at radius 2 is 1.04 bits per heavy atom. The minimum Gasteiger partial charge on any atom is -0.393 e. The molecule has 0 rings (SSSR count). The summed E-state index contributed by atoms with van der Waals surface area (Å²) in [6.45, 7) is 2.50. The van der Waals surface area contributed by atoms with E-state index in [9.17, 15) is 4.39 Å². The van der Waals surface area contributed by atoms with Crippen LogP contribution in [0.25, 0.3) is 0 Å². The van der Waals surface area contributed by atoms with Gasteiger partial charge >= 0.3 is 0 Å². The highest BCUT2D eigenvalue weighted by Crippen LogP contribution is 2.13. The number of alkyl halides is 1. The van der Waals surface area contributed by atoms with Crippen molar-refractivity contribution in [3.63, 3.8) is 0 Å². The van der Waals surface area contributed by atoms with Gasteiger partial charge in [0.15, 0.2) is 0 Å². The Labute approximate surface area is 150 Å². The largest absolute Gasteiger partial charge is 0.393 e. The molecule has 1 unspecified atom stereocenters. The molecule has 146 valence electrons. The van der Waals surface area contributed by atoms with Crippen LogP contribution in [0, 0.1) is 0 Å². The number of halogens is 1. The van der Waals surface area contributed by atoms with Crippen molar-refractivity contribution in [2.75, 3.05) is 19.8 Å². The molecule has 24 heavy (non-hydrogen) atoms. The molecular weight excluding hydrogens is 303 g/mol. The first-order chi connectivity index (χ1) is 11.8. The predicted molar refractivity (Wildman–Crippen MR) is 102 cm³/mol. The zero-order valence-corrected chi connectivity index (χ0v) is 16.2. The number of hydrogen-bond donors (Lipinski definition) is 1. The fourth-order valence-electron chi connectivity index (χ4n) is 3.02. The smallest absolute Gasteiger partial charge is 0.146 e. The Morgan fingerprint density at radius 3 is 1.42 bits per heavy atom. The van der Waals surface area contributed by atoms with Crippen molar-refractivity contribution in [3.8, 4) is 0 Å². The number of aliphatic hydroxyl groups excluding tert-OH is 1. The Bertz CT molecular complexity index is 224. The molecule has 0 amide bonds. The van der Waals surface area contributed by atoms with E-state index in [0.29, 0.717) is 6.61 Å². The average Bonchev–Trinajstić information content (AvgIpc) is 2.60. The maximum atomic E-state index is 12.7. The van der Waals surface area contributed by atoms with Crippen molar-refractivity contribution in [1.29, 1.82) is 0 Å². The van der Waals surface area contributed by atoms with Crippen LogP contribution in [0.4, 0.5) is 4.39 Å². The monoisotopic (exact) mass is 346 g/mol. The fourth-order valence-corrected chi connectivity index (χ4v) is 3.02. The van der Waals surface area contributed by atoms with Crippen LogP contribution in [-0.2, 0) is 4.74 Å². The van der Waals surface area contributed by atoms with Gasteiger partial charge in [0.2, 0.25) is 0 Å². The van der Waals surface area contributed by atoms with E-state index in [1.165, 1.54) is 96.3 Å². The maximum Gasteiger partial charge on any atom is 0.146 e. The molecule has 3 heteroatoms. The predicted octanol–water partition coefficient (Wildman–Crippen LogP) is 6.59. The molecule has 0 aliphatic carbocycles. The Kier molecular flexibility index (Phi) is 20.8. The summed E-state index contributed by atoms with van der Waals surface area (Å²) < 4.78 is 17.8. The van der Waals surface area contributed by atoms with Crippen LogP contribution in [0.5, 0.6) is 0 Å². The van der Waals surface area contributed by atoms with Crippen LogP contribution in [0.1, 0.15) is 110 Å². The van der Waals surface area contributed by atoms with Gasteiger partial charge in [-0.3, -0.25) is 0 Å². The van der Waals surface area contributed by atoms with Crippen molar-refractivity contribution in [2.45, 2.75) is 116 Å². The van der Waals surface area contributed by atoms with Gasteiger partial charge in [-0.25, -0.2) is 4.39 Å². The minimum atomic E-state index is -1.22. The molecule has 0 aliphatic heterocycles. The number of hydrogen-bond acceptors (Lipinski definition) is 2. The van der Waals surface area contributed by atoms with Crippen LogP contribution in [-0.4, -0.2) is 31.1 Å². The molecule has 0 aromatic heterocycles. The minimum absolute atomic E-state index is 0.0369. The fraction of sp³-hybridized carbons (Fsp3) is 1.00. The summed E-state index contributed by atoms with van der Waals surface area (Å²) in [5.74, 6) is 0. The van der Waals surface area contributed by atoms with Gasteiger partial charge in [-0.1, -0.05) is 103 Å². The summed E-state index contributed by atoms with van der Waals surface area (Å²) in [5.41, 5.74) is 0. The van der Waals surface area contributed by atoms with E-state index in [-0.39, 0.29) is 6.61 Å². The number of ether oxygens (including phenoxy) is 1. The van der Waals surface area contributed by atoms with Crippen molar-refractivity contribution in [1.82, 2.24) is 0 Å². The first-order valence-corrected chi connectivity index (χ1v) is 10.6. The van der Waals surface area contributed by atoms with E-state index in [4.69, 9.17) is 9.84 Å². The van der Waals surface area contributed by atoms with Crippen LogP contribution in [0.15, 0.2) is 0 Å². The van der Waals surface area contributed by atoms with Crippen LogP contribution in [0.2, 0.25) is 0 Å². The molecule has 0 bridgehead atoms. The third-order valence-electron chi connectivity index (χ3n) is 4.64. The Hall–Kier alpha value is -0.150. The quantitative estimate of drug-likeness (QED) is 0.252. The molecule has 1 atom stereocenters. The summed E-state index contributed by atoms with van der Waals surface area (Å²) in [6, 6.07) is 0. The molecule has 0 saturated heterocycles. The average molecular weight is 347 g/mol. The molecule has 0 fully saturated rings.